The van der Waals surface area contributed by atoms with Crippen LogP contribution in [0.15, 0.2) is 16.6 Å². The van der Waals surface area contributed by atoms with Gasteiger partial charge < -0.3 is 5.11 Å². The maximum atomic E-state index is 13.4. The minimum Gasteiger partial charge on any atom is -0.481 e. The lowest BCUT2D eigenvalue weighted by molar-refractivity contribution is -0.138. The van der Waals surface area contributed by atoms with Gasteiger partial charge in [0.25, 0.3) is 0 Å². The van der Waals surface area contributed by atoms with E-state index in [9.17, 15) is 9.18 Å². The molecular weight excluding hydrogens is 275 g/mol. The highest BCUT2D eigenvalue weighted by Gasteiger charge is 2.25. The number of halogens is 2. The van der Waals surface area contributed by atoms with Gasteiger partial charge in [0.1, 0.15) is 5.82 Å². The van der Waals surface area contributed by atoms with Gasteiger partial charge in [-0.15, -0.1) is 0 Å². The molecule has 0 saturated carbocycles. The lowest BCUT2D eigenvalue weighted by Crippen LogP contribution is -2.22. The first-order valence-electron chi connectivity index (χ1n) is 4.92. The molecule has 1 N–H and O–H groups in total. The van der Waals surface area contributed by atoms with Gasteiger partial charge in [0.15, 0.2) is 0 Å². The van der Waals surface area contributed by atoms with Crippen molar-refractivity contribution in [2.24, 2.45) is 0 Å². The van der Waals surface area contributed by atoms with Crippen LogP contribution < -0.4 is 0 Å². The fourth-order valence-corrected chi connectivity index (χ4v) is 2.16. The van der Waals surface area contributed by atoms with Crippen LogP contribution in [0.4, 0.5) is 4.39 Å². The molecule has 0 heterocycles. The molecule has 4 heteroatoms. The fourth-order valence-electron chi connectivity index (χ4n) is 1.60. The Morgan fingerprint density at radius 3 is 2.50 bits per heavy atom. The Morgan fingerprint density at radius 2 is 2.06 bits per heavy atom. The van der Waals surface area contributed by atoms with Gasteiger partial charge in [0.2, 0.25) is 0 Å². The van der Waals surface area contributed by atoms with Crippen LogP contribution in [0.3, 0.4) is 0 Å². The number of hydrogen-bond acceptors (Lipinski definition) is 1. The van der Waals surface area contributed by atoms with Crippen molar-refractivity contribution in [1.82, 2.24) is 0 Å². The largest absolute Gasteiger partial charge is 0.481 e. The smallest absolute Gasteiger partial charge is 0.304 e. The number of carboxylic acid groups (broad SMARTS) is 1. The Morgan fingerprint density at radius 1 is 1.50 bits per heavy atom. The summed E-state index contributed by atoms with van der Waals surface area (Å²) >= 11 is 3.13. The fraction of sp³-hybridized carbons (Fsp3) is 0.417. The zero-order chi connectivity index (χ0) is 12.5. The Balaban J connectivity index is 3.18. The minimum absolute atomic E-state index is 0.0184. The monoisotopic (exact) mass is 288 g/mol. The first kappa shape index (κ1) is 13.2. The number of aryl methyl sites for hydroxylation is 1. The molecule has 0 aliphatic heterocycles. The van der Waals surface area contributed by atoms with Gasteiger partial charge >= 0.3 is 5.97 Å². The molecule has 0 atom stereocenters. The normalized spacial score (nSPS) is 11.6. The maximum absolute atomic E-state index is 13.4. The van der Waals surface area contributed by atoms with Crippen LogP contribution in [0, 0.1) is 12.7 Å². The van der Waals surface area contributed by atoms with E-state index in [-0.39, 0.29) is 12.2 Å². The first-order valence-corrected chi connectivity index (χ1v) is 5.71. The lowest BCUT2D eigenvalue weighted by Gasteiger charge is -2.24. The molecule has 0 fully saturated rings. The Hall–Kier alpha value is -0.900. The number of aliphatic carboxylic acids is 1. The zero-order valence-corrected chi connectivity index (χ0v) is 11.1. The molecule has 2 nitrogen and oxygen atoms in total. The van der Waals surface area contributed by atoms with Crippen molar-refractivity contribution < 1.29 is 14.3 Å². The number of carboxylic acids is 1. The van der Waals surface area contributed by atoms with Gasteiger partial charge in [-0.05, 0) is 40.0 Å². The molecule has 0 radical (unpaired) electrons. The molecule has 1 aromatic rings. The van der Waals surface area contributed by atoms with Crippen molar-refractivity contribution in [1.29, 1.82) is 0 Å². The highest BCUT2D eigenvalue weighted by Crippen LogP contribution is 2.31. The lowest BCUT2D eigenvalue weighted by atomic mass is 9.81. The van der Waals surface area contributed by atoms with Crippen LogP contribution in [0.5, 0.6) is 0 Å². The molecule has 0 aromatic heterocycles. The van der Waals surface area contributed by atoms with Crippen molar-refractivity contribution in [3.8, 4) is 0 Å². The van der Waals surface area contributed by atoms with Crippen LogP contribution >= 0.6 is 15.9 Å². The van der Waals surface area contributed by atoms with Crippen molar-refractivity contribution in [3.63, 3.8) is 0 Å². The van der Waals surface area contributed by atoms with Gasteiger partial charge in [0, 0.05) is 5.41 Å². The summed E-state index contributed by atoms with van der Waals surface area (Å²) in [5.74, 6) is -1.15. The molecule has 0 aliphatic carbocycles. The average molecular weight is 289 g/mol. The van der Waals surface area contributed by atoms with E-state index in [1.807, 2.05) is 13.8 Å². The number of carbonyl (C=O) groups is 1. The topological polar surface area (TPSA) is 37.3 Å². The van der Waals surface area contributed by atoms with Gasteiger partial charge in [-0.3, -0.25) is 4.79 Å². The van der Waals surface area contributed by atoms with Crippen LogP contribution in [0.2, 0.25) is 0 Å². The number of rotatable bonds is 3. The second-order valence-corrected chi connectivity index (χ2v) is 5.40. The standard InChI is InChI=1S/C12H14BrFO2/c1-7-4-8(5-9(13)11(7)14)12(2,3)6-10(15)16/h4-5H,6H2,1-3H3,(H,15,16). The highest BCUT2D eigenvalue weighted by molar-refractivity contribution is 9.10. The van der Waals surface area contributed by atoms with Crippen molar-refractivity contribution >= 4 is 21.9 Å². The molecule has 0 aliphatic rings. The first-order chi connectivity index (χ1) is 7.24. The third kappa shape index (κ3) is 2.82. The quantitative estimate of drug-likeness (QED) is 0.922. The summed E-state index contributed by atoms with van der Waals surface area (Å²) in [6, 6.07) is 3.34. The van der Waals surface area contributed by atoms with Gasteiger partial charge in [-0.1, -0.05) is 19.9 Å². The molecule has 1 rings (SSSR count). The maximum Gasteiger partial charge on any atom is 0.304 e. The molecule has 16 heavy (non-hydrogen) atoms. The molecule has 0 amide bonds. The summed E-state index contributed by atoms with van der Waals surface area (Å²) in [5.41, 5.74) is 0.829. The van der Waals surface area contributed by atoms with Crippen LogP contribution in [-0.2, 0) is 10.2 Å². The summed E-state index contributed by atoms with van der Waals surface area (Å²) in [6.07, 6.45) is 0.0184. The second kappa shape index (κ2) is 4.53. The van der Waals surface area contributed by atoms with Gasteiger partial charge in [0.05, 0.1) is 10.9 Å². The Labute approximate surface area is 103 Å². The van der Waals surface area contributed by atoms with E-state index >= 15 is 0 Å². The molecule has 0 spiro atoms. The van der Waals surface area contributed by atoms with E-state index < -0.39 is 11.4 Å². The van der Waals surface area contributed by atoms with Gasteiger partial charge in [-0.25, -0.2) is 4.39 Å². The summed E-state index contributed by atoms with van der Waals surface area (Å²) in [5, 5.41) is 8.82. The van der Waals surface area contributed by atoms with E-state index in [2.05, 4.69) is 15.9 Å². The summed E-state index contributed by atoms with van der Waals surface area (Å²) < 4.78 is 13.8. The molecule has 0 saturated heterocycles. The van der Waals surface area contributed by atoms with Gasteiger partial charge in [-0.2, -0.15) is 0 Å². The summed E-state index contributed by atoms with van der Waals surface area (Å²) in [4.78, 5) is 10.7. The predicted octanol–water partition coefficient (Wildman–Crippen LogP) is 3.65. The zero-order valence-electron chi connectivity index (χ0n) is 9.47. The van der Waals surface area contributed by atoms with Crippen LogP contribution in [0.1, 0.15) is 31.4 Å². The summed E-state index contributed by atoms with van der Waals surface area (Å²) in [6.45, 7) is 5.33. The second-order valence-electron chi connectivity index (χ2n) is 4.54. The molecule has 0 bridgehead atoms. The Bertz CT molecular complexity index is 404. The molecule has 0 unspecified atom stereocenters. The van der Waals surface area contributed by atoms with Crippen LogP contribution in [0.25, 0.3) is 0 Å². The van der Waals surface area contributed by atoms with E-state index in [4.69, 9.17) is 5.11 Å². The van der Waals surface area contributed by atoms with E-state index in [0.717, 1.165) is 5.56 Å². The minimum atomic E-state index is -0.858. The molecule has 88 valence electrons. The van der Waals surface area contributed by atoms with Crippen molar-refractivity contribution in [3.05, 3.63) is 33.5 Å². The predicted molar refractivity (Wildman–Crippen MR) is 64.1 cm³/mol. The summed E-state index contributed by atoms with van der Waals surface area (Å²) in [7, 11) is 0. The number of hydrogen-bond donors (Lipinski definition) is 1. The molecule has 1 aromatic carbocycles. The van der Waals surface area contributed by atoms with E-state index in [0.29, 0.717) is 10.0 Å². The highest BCUT2D eigenvalue weighted by atomic mass is 79.9. The SMILES string of the molecule is Cc1cc(C(C)(C)CC(=O)O)cc(Br)c1F. The Kier molecular flexibility index (Phi) is 3.73. The van der Waals surface area contributed by atoms with Crippen LogP contribution in [-0.4, -0.2) is 11.1 Å². The van der Waals surface area contributed by atoms with Crippen molar-refractivity contribution in [2.45, 2.75) is 32.6 Å². The third-order valence-corrected chi connectivity index (χ3v) is 3.16. The van der Waals surface area contributed by atoms with E-state index in [1.165, 1.54) is 0 Å². The number of benzene rings is 1. The van der Waals surface area contributed by atoms with E-state index in [1.54, 1.807) is 19.1 Å². The average Bonchev–Trinajstić information content (AvgIpc) is 2.11. The molecular formula is C12H14BrFO2. The van der Waals surface area contributed by atoms with Crippen molar-refractivity contribution in [2.75, 3.05) is 0 Å². The third-order valence-electron chi connectivity index (χ3n) is 2.58.